The van der Waals surface area contributed by atoms with Gasteiger partial charge in [0.25, 0.3) is 0 Å². The summed E-state index contributed by atoms with van der Waals surface area (Å²) in [5, 5.41) is 2.88. The van der Waals surface area contributed by atoms with E-state index in [4.69, 9.17) is 9.47 Å². The molecule has 1 atom stereocenters. The third kappa shape index (κ3) is 4.58. The first kappa shape index (κ1) is 18.8. The van der Waals surface area contributed by atoms with Crippen molar-refractivity contribution in [2.45, 2.75) is 20.3 Å². The number of hydrogen-bond acceptors (Lipinski definition) is 4. The summed E-state index contributed by atoms with van der Waals surface area (Å²) in [6.07, 6.45) is 0.204. The van der Waals surface area contributed by atoms with Gasteiger partial charge in [-0.25, -0.2) is 0 Å². The van der Waals surface area contributed by atoms with E-state index in [1.165, 1.54) is 0 Å². The van der Waals surface area contributed by atoms with Crippen LogP contribution in [0.1, 0.15) is 20.3 Å². The van der Waals surface area contributed by atoms with Gasteiger partial charge >= 0.3 is 0 Å². The zero-order chi connectivity index (χ0) is 19.2. The predicted octanol–water partition coefficient (Wildman–Crippen LogP) is 3.48. The maximum absolute atomic E-state index is 12.5. The average Bonchev–Trinajstić information content (AvgIpc) is 3.06. The lowest BCUT2D eigenvalue weighted by Crippen LogP contribution is -2.28. The molecule has 0 bridgehead atoms. The van der Waals surface area contributed by atoms with Gasteiger partial charge in [-0.1, -0.05) is 0 Å². The number of carbonyl (C=O) groups excluding carboxylic acids is 2. The lowest BCUT2D eigenvalue weighted by Gasteiger charge is -2.17. The number of benzene rings is 2. The van der Waals surface area contributed by atoms with Crippen LogP contribution in [0.4, 0.5) is 11.4 Å². The fourth-order valence-electron chi connectivity index (χ4n) is 3.07. The molecule has 0 saturated carbocycles. The Bertz CT molecular complexity index is 787. The fraction of sp³-hybridized carbons (Fsp3) is 0.333. The highest BCUT2D eigenvalue weighted by Gasteiger charge is 2.35. The van der Waals surface area contributed by atoms with Crippen LogP contribution in [0.2, 0.25) is 0 Å². The maximum Gasteiger partial charge on any atom is 0.229 e. The highest BCUT2D eigenvalue weighted by atomic mass is 16.5. The standard InChI is InChI=1S/C21H24N2O4/c1-3-26-18-9-5-16(6-10-18)22-21(25)15-13-20(24)23(14-15)17-7-11-19(12-8-17)27-4-2/h5-12,15H,3-4,13-14H2,1-2H3,(H,22,25)/t15-/m1/s1. The van der Waals surface area contributed by atoms with E-state index in [2.05, 4.69) is 5.32 Å². The number of carbonyl (C=O) groups is 2. The molecule has 1 aliphatic rings. The topological polar surface area (TPSA) is 67.9 Å². The summed E-state index contributed by atoms with van der Waals surface area (Å²) in [4.78, 5) is 26.6. The third-order valence-electron chi connectivity index (χ3n) is 4.39. The highest BCUT2D eigenvalue weighted by molar-refractivity contribution is 6.03. The zero-order valence-corrected chi connectivity index (χ0v) is 15.6. The summed E-state index contributed by atoms with van der Waals surface area (Å²) < 4.78 is 10.8. The first-order valence-corrected chi connectivity index (χ1v) is 9.17. The van der Waals surface area contributed by atoms with Gasteiger partial charge < -0.3 is 19.7 Å². The number of amides is 2. The van der Waals surface area contributed by atoms with Crippen molar-refractivity contribution in [1.29, 1.82) is 0 Å². The monoisotopic (exact) mass is 368 g/mol. The van der Waals surface area contributed by atoms with Gasteiger partial charge in [0, 0.05) is 24.3 Å². The van der Waals surface area contributed by atoms with E-state index < -0.39 is 0 Å². The molecule has 0 spiro atoms. The molecule has 1 aliphatic heterocycles. The molecule has 1 heterocycles. The Morgan fingerprint density at radius 1 is 1.00 bits per heavy atom. The molecule has 142 valence electrons. The van der Waals surface area contributed by atoms with Gasteiger partial charge in [0.1, 0.15) is 11.5 Å². The Morgan fingerprint density at radius 3 is 2.11 bits per heavy atom. The largest absolute Gasteiger partial charge is 0.494 e. The van der Waals surface area contributed by atoms with Gasteiger partial charge in [-0.15, -0.1) is 0 Å². The molecule has 2 aromatic rings. The summed E-state index contributed by atoms with van der Waals surface area (Å²) in [5.41, 5.74) is 1.47. The van der Waals surface area contributed by atoms with Crippen LogP contribution in [-0.2, 0) is 9.59 Å². The van der Waals surface area contributed by atoms with Crippen LogP contribution in [0.25, 0.3) is 0 Å². The molecule has 2 amide bonds. The van der Waals surface area contributed by atoms with E-state index in [1.54, 1.807) is 17.0 Å². The van der Waals surface area contributed by atoms with E-state index in [-0.39, 0.29) is 24.2 Å². The van der Waals surface area contributed by atoms with Crippen LogP contribution in [0, 0.1) is 5.92 Å². The second-order valence-corrected chi connectivity index (χ2v) is 6.28. The summed E-state index contributed by atoms with van der Waals surface area (Å²) in [5.74, 6) is 0.938. The zero-order valence-electron chi connectivity index (χ0n) is 15.6. The molecule has 3 rings (SSSR count). The number of nitrogens with one attached hydrogen (secondary N) is 1. The molecular weight excluding hydrogens is 344 g/mol. The first-order valence-electron chi connectivity index (χ1n) is 9.17. The molecule has 1 fully saturated rings. The molecule has 1 N–H and O–H groups in total. The number of nitrogens with zero attached hydrogens (tertiary/aromatic N) is 1. The average molecular weight is 368 g/mol. The quantitative estimate of drug-likeness (QED) is 0.812. The smallest absolute Gasteiger partial charge is 0.229 e. The van der Waals surface area contributed by atoms with E-state index in [9.17, 15) is 9.59 Å². The lowest BCUT2D eigenvalue weighted by atomic mass is 10.1. The van der Waals surface area contributed by atoms with Crippen LogP contribution >= 0.6 is 0 Å². The minimum atomic E-state index is -0.379. The molecule has 0 aromatic heterocycles. The Kier molecular flexibility index (Phi) is 5.96. The maximum atomic E-state index is 12.5. The van der Waals surface area contributed by atoms with Crippen LogP contribution < -0.4 is 19.7 Å². The number of ether oxygens (including phenoxy) is 2. The molecule has 27 heavy (non-hydrogen) atoms. The van der Waals surface area contributed by atoms with E-state index in [0.717, 1.165) is 17.2 Å². The summed E-state index contributed by atoms with van der Waals surface area (Å²) in [6, 6.07) is 14.6. The van der Waals surface area contributed by atoms with Crippen LogP contribution in [0.15, 0.2) is 48.5 Å². The fourth-order valence-corrected chi connectivity index (χ4v) is 3.07. The second kappa shape index (κ2) is 8.58. The number of anilines is 2. The van der Waals surface area contributed by atoms with Crippen LogP contribution in [0.3, 0.4) is 0 Å². The summed E-state index contributed by atoms with van der Waals surface area (Å²) in [7, 11) is 0. The third-order valence-corrected chi connectivity index (χ3v) is 4.39. The first-order chi connectivity index (χ1) is 13.1. The van der Waals surface area contributed by atoms with E-state index in [0.29, 0.717) is 25.4 Å². The Hall–Kier alpha value is -3.02. The number of rotatable bonds is 7. The molecular formula is C21H24N2O4. The van der Waals surface area contributed by atoms with Crippen molar-refractivity contribution in [1.82, 2.24) is 0 Å². The Morgan fingerprint density at radius 2 is 1.56 bits per heavy atom. The van der Waals surface area contributed by atoms with Gasteiger partial charge in [-0.3, -0.25) is 9.59 Å². The summed E-state index contributed by atoms with van der Waals surface area (Å²) >= 11 is 0. The van der Waals surface area contributed by atoms with Gasteiger partial charge in [-0.2, -0.15) is 0 Å². The number of hydrogen-bond donors (Lipinski definition) is 1. The normalized spacial score (nSPS) is 16.3. The van der Waals surface area contributed by atoms with E-state index in [1.807, 2.05) is 50.2 Å². The van der Waals surface area contributed by atoms with Crippen molar-refractivity contribution in [3.63, 3.8) is 0 Å². The van der Waals surface area contributed by atoms with Crippen LogP contribution in [0.5, 0.6) is 11.5 Å². The van der Waals surface area contributed by atoms with Gasteiger partial charge in [0.2, 0.25) is 11.8 Å². The van der Waals surface area contributed by atoms with Crippen molar-refractivity contribution in [3.05, 3.63) is 48.5 Å². The SMILES string of the molecule is CCOc1ccc(NC(=O)[C@@H]2CC(=O)N(c3ccc(OCC)cc3)C2)cc1. The molecule has 1 saturated heterocycles. The molecule has 0 aliphatic carbocycles. The molecule has 6 heteroatoms. The van der Waals surface area contributed by atoms with Gasteiger partial charge in [0.15, 0.2) is 0 Å². The van der Waals surface area contributed by atoms with E-state index >= 15 is 0 Å². The van der Waals surface area contributed by atoms with Crippen molar-refractivity contribution >= 4 is 23.2 Å². The van der Waals surface area contributed by atoms with Gasteiger partial charge in [-0.05, 0) is 62.4 Å². The van der Waals surface area contributed by atoms with Crippen molar-refractivity contribution in [2.75, 3.05) is 30.0 Å². The second-order valence-electron chi connectivity index (χ2n) is 6.28. The Balaban J connectivity index is 1.61. The lowest BCUT2D eigenvalue weighted by molar-refractivity contribution is -0.122. The summed E-state index contributed by atoms with van der Waals surface area (Å²) in [6.45, 7) is 5.40. The minimum absolute atomic E-state index is 0.0500. The minimum Gasteiger partial charge on any atom is -0.494 e. The molecule has 0 radical (unpaired) electrons. The van der Waals surface area contributed by atoms with Crippen LogP contribution in [-0.4, -0.2) is 31.6 Å². The van der Waals surface area contributed by atoms with Crippen molar-refractivity contribution in [3.8, 4) is 11.5 Å². The molecule has 6 nitrogen and oxygen atoms in total. The Labute approximate surface area is 159 Å². The molecule has 2 aromatic carbocycles. The predicted molar refractivity (Wildman–Crippen MR) is 104 cm³/mol. The molecule has 0 unspecified atom stereocenters. The highest BCUT2D eigenvalue weighted by Crippen LogP contribution is 2.28. The van der Waals surface area contributed by atoms with Gasteiger partial charge in [0.05, 0.1) is 19.1 Å². The van der Waals surface area contributed by atoms with Crippen molar-refractivity contribution < 1.29 is 19.1 Å². The van der Waals surface area contributed by atoms with Crippen molar-refractivity contribution in [2.24, 2.45) is 5.92 Å².